The molecule has 262 valence electrons. The van der Waals surface area contributed by atoms with Crippen LogP contribution in [-0.4, -0.2) is 53.3 Å². The Bertz CT molecular complexity index is 1970. The van der Waals surface area contributed by atoms with Crippen molar-refractivity contribution in [1.29, 1.82) is 0 Å². The fourth-order valence-corrected chi connectivity index (χ4v) is 4.94. The lowest BCUT2D eigenvalue weighted by Crippen LogP contribution is -2.19. The molecule has 0 heterocycles. The Labute approximate surface area is 286 Å². The van der Waals surface area contributed by atoms with Crippen LogP contribution >= 0.6 is 0 Å². The van der Waals surface area contributed by atoms with Gasteiger partial charge in [-0.3, -0.25) is 9.59 Å². The van der Waals surface area contributed by atoms with Crippen LogP contribution in [-0.2, 0) is 29.8 Å². The number of carbonyl (C=O) groups excluding carboxylic acids is 4. The Morgan fingerprint density at radius 3 is 1.06 bits per heavy atom. The molecule has 0 atom stereocenters. The summed E-state index contributed by atoms with van der Waals surface area (Å²) in [5.74, 6) is -1.28. The molecule has 16 nitrogen and oxygen atoms in total. The van der Waals surface area contributed by atoms with E-state index in [1.807, 2.05) is 0 Å². The van der Waals surface area contributed by atoms with Gasteiger partial charge in [-0.05, 0) is 48.5 Å². The van der Waals surface area contributed by atoms with Gasteiger partial charge in [0.05, 0.1) is 25.4 Å². The lowest BCUT2D eigenvalue weighted by molar-refractivity contribution is -0.140. The second-order valence-electron chi connectivity index (χ2n) is 10.3. The van der Waals surface area contributed by atoms with Crippen molar-refractivity contribution >= 4 is 67.0 Å². The minimum atomic E-state index is -3.75. The number of carbonyl (C=O) groups is 4. The Kier molecular flexibility index (Phi) is 12.0. The number of nitrogens with one attached hydrogen (secondary N) is 4. The van der Waals surface area contributed by atoms with Crippen LogP contribution in [0.1, 0.15) is 12.8 Å². The number of anilines is 4. The molecule has 0 aliphatic rings. The summed E-state index contributed by atoms with van der Waals surface area (Å²) in [4.78, 5) is 49.7. The van der Waals surface area contributed by atoms with E-state index in [-0.39, 0.29) is 58.6 Å². The van der Waals surface area contributed by atoms with Gasteiger partial charge in [0, 0.05) is 47.0 Å². The fraction of sp³-hybridized carbons (Fsp3) is 0.125. The Balaban J connectivity index is 1.22. The highest BCUT2D eigenvalue weighted by atomic mass is 32.2. The van der Waals surface area contributed by atoms with Crippen molar-refractivity contribution < 1.29 is 53.9 Å². The lowest BCUT2D eigenvalue weighted by Gasteiger charge is -2.11. The van der Waals surface area contributed by atoms with Gasteiger partial charge in [0.1, 0.15) is 23.0 Å². The normalized spacial score (nSPS) is 11.0. The first-order valence-electron chi connectivity index (χ1n) is 14.4. The first kappa shape index (κ1) is 36.7. The minimum Gasteiger partial charge on any atom is -0.426 e. The molecule has 0 aliphatic heterocycles. The van der Waals surface area contributed by atoms with Crippen molar-refractivity contribution in [3.05, 3.63) is 97.1 Å². The summed E-state index contributed by atoms with van der Waals surface area (Å²) in [5.41, 5.74) is 1.06. The third-order valence-corrected chi connectivity index (χ3v) is 6.85. The first-order valence-corrected chi connectivity index (χ1v) is 18.0. The van der Waals surface area contributed by atoms with Crippen molar-refractivity contribution in [3.63, 3.8) is 0 Å². The SMILES string of the molecule is CS(=O)(=O)Oc1cccc(NC(=O)Nc2cccc(OC(=O)CCC(=O)Oc3cccc(NC(=O)Nc4cccc(OS(C)(=O)=O)c4)c3)c2)c1. The van der Waals surface area contributed by atoms with Crippen LogP contribution in [0.5, 0.6) is 23.0 Å². The highest BCUT2D eigenvalue weighted by Crippen LogP contribution is 2.23. The van der Waals surface area contributed by atoms with E-state index >= 15 is 0 Å². The van der Waals surface area contributed by atoms with Gasteiger partial charge in [-0.2, -0.15) is 16.8 Å². The molecular weight excluding hydrogens is 697 g/mol. The average molecular weight is 727 g/mol. The molecule has 4 N–H and O–H groups in total. The third-order valence-electron chi connectivity index (χ3n) is 5.86. The van der Waals surface area contributed by atoms with E-state index in [4.69, 9.17) is 17.8 Å². The van der Waals surface area contributed by atoms with E-state index < -0.39 is 44.2 Å². The van der Waals surface area contributed by atoms with Crippen LogP contribution < -0.4 is 39.1 Å². The molecule has 4 aromatic carbocycles. The van der Waals surface area contributed by atoms with Gasteiger partial charge in [-0.15, -0.1) is 0 Å². The first-order chi connectivity index (χ1) is 23.6. The lowest BCUT2D eigenvalue weighted by atomic mass is 10.2. The molecule has 0 saturated carbocycles. The monoisotopic (exact) mass is 726 g/mol. The number of amides is 4. The summed E-state index contributed by atoms with van der Waals surface area (Å²) in [5, 5.41) is 10.2. The predicted molar refractivity (Wildman–Crippen MR) is 182 cm³/mol. The van der Waals surface area contributed by atoms with Crippen molar-refractivity contribution in [1.82, 2.24) is 0 Å². The van der Waals surface area contributed by atoms with Crippen LogP contribution in [0.25, 0.3) is 0 Å². The van der Waals surface area contributed by atoms with Crippen LogP contribution in [0.15, 0.2) is 97.1 Å². The van der Waals surface area contributed by atoms with Gasteiger partial charge in [0.2, 0.25) is 0 Å². The number of hydrogen-bond donors (Lipinski definition) is 4. The number of rotatable bonds is 13. The van der Waals surface area contributed by atoms with Crippen molar-refractivity contribution in [3.8, 4) is 23.0 Å². The van der Waals surface area contributed by atoms with Crippen molar-refractivity contribution in [2.45, 2.75) is 12.8 Å². The van der Waals surface area contributed by atoms with Crippen LogP contribution in [0.4, 0.5) is 32.3 Å². The quantitative estimate of drug-likeness (QED) is 0.0817. The number of esters is 2. The molecule has 0 bridgehead atoms. The van der Waals surface area contributed by atoms with Crippen LogP contribution in [0.3, 0.4) is 0 Å². The summed E-state index contributed by atoms with van der Waals surface area (Å²) in [6, 6.07) is 22.0. The largest absolute Gasteiger partial charge is 0.426 e. The average Bonchev–Trinajstić information content (AvgIpc) is 2.99. The van der Waals surface area contributed by atoms with E-state index in [0.717, 1.165) is 12.5 Å². The Hall–Kier alpha value is -6.14. The van der Waals surface area contributed by atoms with E-state index in [1.165, 1.54) is 84.9 Å². The topological polar surface area (TPSA) is 222 Å². The molecule has 18 heteroatoms. The molecule has 0 aliphatic carbocycles. The molecule has 0 saturated heterocycles. The molecule has 0 radical (unpaired) electrons. The highest BCUT2D eigenvalue weighted by Gasteiger charge is 2.14. The second kappa shape index (κ2) is 16.3. The van der Waals surface area contributed by atoms with Crippen molar-refractivity contribution in [2.24, 2.45) is 0 Å². The molecule has 4 amide bonds. The molecular formula is C32H30N4O12S2. The zero-order chi connectivity index (χ0) is 36.3. The maximum atomic E-state index is 12.5. The van der Waals surface area contributed by atoms with E-state index in [9.17, 15) is 36.0 Å². The summed E-state index contributed by atoms with van der Waals surface area (Å²) in [6.45, 7) is 0. The van der Waals surface area contributed by atoms with Gasteiger partial charge >= 0.3 is 44.2 Å². The Morgan fingerprint density at radius 1 is 0.480 bits per heavy atom. The molecule has 0 fully saturated rings. The summed E-state index contributed by atoms with van der Waals surface area (Å²) in [6.07, 6.45) is 1.13. The summed E-state index contributed by atoms with van der Waals surface area (Å²) >= 11 is 0. The van der Waals surface area contributed by atoms with Gasteiger partial charge in [-0.1, -0.05) is 24.3 Å². The van der Waals surface area contributed by atoms with E-state index in [1.54, 1.807) is 12.1 Å². The number of urea groups is 2. The summed E-state index contributed by atoms with van der Waals surface area (Å²) in [7, 11) is -7.50. The number of benzene rings is 4. The standard InChI is InChI=1S/C32H30N4O12S2/c1-49(41,42)47-27-13-5-9-23(19-27)35-31(39)33-21-7-3-11-25(17-21)45-29(37)15-16-30(38)46-26-12-4-8-22(18-26)34-32(40)36-24-10-6-14-28(20-24)48-50(2,43)44/h3-14,17-20H,15-16H2,1-2H3,(H2,33,35,39)(H2,34,36,40). The zero-order valence-electron chi connectivity index (χ0n) is 26.4. The summed E-state index contributed by atoms with van der Waals surface area (Å²) < 4.78 is 65.5. The molecule has 50 heavy (non-hydrogen) atoms. The molecule has 0 spiro atoms. The minimum absolute atomic E-state index is 0.0135. The van der Waals surface area contributed by atoms with E-state index in [2.05, 4.69) is 21.3 Å². The number of hydrogen-bond acceptors (Lipinski definition) is 12. The fourth-order valence-electron chi connectivity index (χ4n) is 4.03. The number of ether oxygens (including phenoxy) is 2. The molecule has 0 unspecified atom stereocenters. The molecule has 4 aromatic rings. The third kappa shape index (κ3) is 13.2. The molecule has 0 aromatic heterocycles. The zero-order valence-corrected chi connectivity index (χ0v) is 28.0. The van der Waals surface area contributed by atoms with Gasteiger partial charge in [0.25, 0.3) is 0 Å². The molecule has 4 rings (SSSR count). The van der Waals surface area contributed by atoms with Crippen LogP contribution in [0, 0.1) is 0 Å². The van der Waals surface area contributed by atoms with Crippen LogP contribution in [0.2, 0.25) is 0 Å². The Morgan fingerprint density at radius 2 is 0.760 bits per heavy atom. The maximum absolute atomic E-state index is 12.5. The van der Waals surface area contributed by atoms with Gasteiger partial charge < -0.3 is 39.1 Å². The van der Waals surface area contributed by atoms with E-state index in [0.29, 0.717) is 0 Å². The predicted octanol–water partition coefficient (Wildman–Crippen LogP) is 4.94. The van der Waals surface area contributed by atoms with Gasteiger partial charge in [-0.25, -0.2) is 9.59 Å². The smallest absolute Gasteiger partial charge is 0.323 e. The van der Waals surface area contributed by atoms with Gasteiger partial charge in [0.15, 0.2) is 0 Å². The highest BCUT2D eigenvalue weighted by molar-refractivity contribution is 7.86. The van der Waals surface area contributed by atoms with Crippen molar-refractivity contribution in [2.75, 3.05) is 33.8 Å². The maximum Gasteiger partial charge on any atom is 0.323 e. The second-order valence-corrected chi connectivity index (χ2v) is 13.4.